The van der Waals surface area contributed by atoms with Crippen molar-refractivity contribution in [2.24, 2.45) is 0 Å². The number of hydrogen-bond acceptors (Lipinski definition) is 3. The molecular formula is C17H17ClFN3O. The number of halogens is 2. The highest BCUT2D eigenvalue weighted by Gasteiger charge is 2.25. The Hall–Kier alpha value is -2.14. The van der Waals surface area contributed by atoms with Gasteiger partial charge in [-0.2, -0.15) is 0 Å². The molecule has 0 spiro atoms. The molecule has 0 aliphatic carbocycles. The Morgan fingerprint density at radius 3 is 2.96 bits per heavy atom. The first kappa shape index (κ1) is 15.7. The van der Waals surface area contributed by atoms with Crippen LogP contribution in [0.25, 0.3) is 0 Å². The van der Waals surface area contributed by atoms with Crippen molar-refractivity contribution in [3.8, 4) is 0 Å². The predicted octanol–water partition coefficient (Wildman–Crippen LogP) is 2.81. The zero-order chi connectivity index (χ0) is 16.2. The predicted molar refractivity (Wildman–Crippen MR) is 88.1 cm³/mol. The van der Waals surface area contributed by atoms with Gasteiger partial charge in [0.25, 0.3) is 0 Å². The lowest BCUT2D eigenvalue weighted by Crippen LogP contribution is -2.38. The molecule has 0 radical (unpaired) electrons. The molecule has 2 heterocycles. The molecule has 1 aliphatic rings. The van der Waals surface area contributed by atoms with Crippen molar-refractivity contribution in [1.82, 2.24) is 10.3 Å². The average molecular weight is 334 g/mol. The minimum atomic E-state index is -0.450. The van der Waals surface area contributed by atoms with Crippen molar-refractivity contribution >= 4 is 23.3 Å². The van der Waals surface area contributed by atoms with E-state index in [-0.39, 0.29) is 29.0 Å². The smallest absolute Gasteiger partial charge is 0.224 e. The van der Waals surface area contributed by atoms with Gasteiger partial charge < -0.3 is 10.2 Å². The van der Waals surface area contributed by atoms with Crippen molar-refractivity contribution in [2.75, 3.05) is 18.0 Å². The Bertz CT molecular complexity index is 675. The van der Waals surface area contributed by atoms with Crippen molar-refractivity contribution < 1.29 is 9.18 Å². The van der Waals surface area contributed by atoms with E-state index in [2.05, 4.69) is 15.2 Å². The molecule has 0 saturated carbocycles. The Morgan fingerprint density at radius 1 is 1.35 bits per heavy atom. The van der Waals surface area contributed by atoms with Crippen LogP contribution in [-0.2, 0) is 11.2 Å². The Kier molecular flexibility index (Phi) is 4.76. The van der Waals surface area contributed by atoms with Gasteiger partial charge >= 0.3 is 0 Å². The van der Waals surface area contributed by atoms with E-state index in [9.17, 15) is 9.18 Å². The van der Waals surface area contributed by atoms with E-state index in [4.69, 9.17) is 11.6 Å². The summed E-state index contributed by atoms with van der Waals surface area (Å²) in [6, 6.07) is 10.2. The monoisotopic (exact) mass is 333 g/mol. The number of aromatic nitrogens is 1. The summed E-state index contributed by atoms with van der Waals surface area (Å²) in [6.45, 7) is 1.54. The van der Waals surface area contributed by atoms with E-state index in [1.165, 1.54) is 12.1 Å². The lowest BCUT2D eigenvalue weighted by atomic mass is 10.1. The van der Waals surface area contributed by atoms with E-state index in [0.717, 1.165) is 18.8 Å². The molecule has 6 heteroatoms. The maximum absolute atomic E-state index is 13.7. The van der Waals surface area contributed by atoms with Crippen LogP contribution in [0.5, 0.6) is 0 Å². The van der Waals surface area contributed by atoms with Crippen LogP contribution in [0.15, 0.2) is 42.6 Å². The van der Waals surface area contributed by atoms with E-state index in [1.807, 2.05) is 18.2 Å². The quantitative estimate of drug-likeness (QED) is 0.935. The van der Waals surface area contributed by atoms with Crippen LogP contribution in [-0.4, -0.2) is 30.0 Å². The number of carbonyl (C=O) groups excluding carboxylic acids is 1. The standard InChI is InChI=1S/C17H17ClFN3O/c18-14-4-3-5-15(19)13(14)10-17(23)21-12-7-9-22(11-12)16-6-1-2-8-20-16/h1-6,8,12H,7,9-11H2,(H,21,23). The van der Waals surface area contributed by atoms with Gasteiger partial charge in [-0.15, -0.1) is 0 Å². The van der Waals surface area contributed by atoms with Crippen LogP contribution in [0, 0.1) is 5.82 Å². The molecule has 1 atom stereocenters. The summed E-state index contributed by atoms with van der Waals surface area (Å²) in [5, 5.41) is 3.23. The third-order valence-electron chi connectivity index (χ3n) is 3.93. The van der Waals surface area contributed by atoms with Gasteiger partial charge in [-0.05, 0) is 30.7 Å². The molecule has 4 nitrogen and oxygen atoms in total. The van der Waals surface area contributed by atoms with E-state index in [0.29, 0.717) is 6.54 Å². The second-order valence-electron chi connectivity index (χ2n) is 5.56. The topological polar surface area (TPSA) is 45.2 Å². The number of rotatable bonds is 4. The highest BCUT2D eigenvalue weighted by Crippen LogP contribution is 2.20. The van der Waals surface area contributed by atoms with Crippen LogP contribution in [0.2, 0.25) is 5.02 Å². The SMILES string of the molecule is O=C(Cc1c(F)cccc1Cl)NC1CCN(c2ccccn2)C1. The first-order valence-corrected chi connectivity index (χ1v) is 7.89. The first-order chi connectivity index (χ1) is 11.1. The third-order valence-corrected chi connectivity index (χ3v) is 4.28. The minimum Gasteiger partial charge on any atom is -0.354 e. The molecule has 1 saturated heterocycles. The average Bonchev–Trinajstić information content (AvgIpc) is 3.00. The van der Waals surface area contributed by atoms with Gasteiger partial charge in [-0.1, -0.05) is 23.7 Å². The summed E-state index contributed by atoms with van der Waals surface area (Å²) in [4.78, 5) is 18.6. The number of nitrogens with one attached hydrogen (secondary N) is 1. The second-order valence-corrected chi connectivity index (χ2v) is 5.97. The molecular weight excluding hydrogens is 317 g/mol. The van der Waals surface area contributed by atoms with Gasteiger partial charge in [0.05, 0.1) is 6.42 Å². The van der Waals surface area contributed by atoms with E-state index in [1.54, 1.807) is 12.3 Å². The van der Waals surface area contributed by atoms with Gasteiger partial charge in [-0.25, -0.2) is 9.37 Å². The number of anilines is 1. The zero-order valence-corrected chi connectivity index (χ0v) is 13.3. The zero-order valence-electron chi connectivity index (χ0n) is 12.5. The Morgan fingerprint density at radius 2 is 2.22 bits per heavy atom. The third kappa shape index (κ3) is 3.79. The molecule has 120 valence electrons. The van der Waals surface area contributed by atoms with Crippen LogP contribution in [0.4, 0.5) is 10.2 Å². The number of benzene rings is 1. The van der Waals surface area contributed by atoms with Crippen LogP contribution >= 0.6 is 11.6 Å². The maximum atomic E-state index is 13.7. The molecule has 1 aliphatic heterocycles. The molecule has 1 unspecified atom stereocenters. The fraction of sp³-hybridized carbons (Fsp3) is 0.294. The summed E-state index contributed by atoms with van der Waals surface area (Å²) in [5.74, 6) is 0.237. The van der Waals surface area contributed by atoms with Gasteiger partial charge in [0.1, 0.15) is 11.6 Å². The highest BCUT2D eigenvalue weighted by molar-refractivity contribution is 6.31. The van der Waals surface area contributed by atoms with E-state index >= 15 is 0 Å². The van der Waals surface area contributed by atoms with Gasteiger partial charge in [0.2, 0.25) is 5.91 Å². The van der Waals surface area contributed by atoms with E-state index < -0.39 is 5.82 Å². The van der Waals surface area contributed by atoms with Gasteiger partial charge in [-0.3, -0.25) is 4.79 Å². The lowest BCUT2D eigenvalue weighted by molar-refractivity contribution is -0.121. The number of hydrogen-bond donors (Lipinski definition) is 1. The molecule has 0 bridgehead atoms. The van der Waals surface area contributed by atoms with Gasteiger partial charge in [0, 0.05) is 35.9 Å². The molecule has 1 amide bonds. The summed E-state index contributed by atoms with van der Waals surface area (Å²) in [7, 11) is 0. The largest absolute Gasteiger partial charge is 0.354 e. The first-order valence-electron chi connectivity index (χ1n) is 7.51. The summed E-state index contributed by atoms with van der Waals surface area (Å²) < 4.78 is 13.7. The van der Waals surface area contributed by atoms with Crippen molar-refractivity contribution in [1.29, 1.82) is 0 Å². The molecule has 2 aromatic rings. The molecule has 1 N–H and O–H groups in total. The highest BCUT2D eigenvalue weighted by atomic mass is 35.5. The molecule has 3 rings (SSSR count). The normalized spacial score (nSPS) is 17.3. The fourth-order valence-electron chi connectivity index (χ4n) is 2.77. The summed E-state index contributed by atoms with van der Waals surface area (Å²) >= 11 is 5.96. The fourth-order valence-corrected chi connectivity index (χ4v) is 3.00. The van der Waals surface area contributed by atoms with Crippen LogP contribution in [0.1, 0.15) is 12.0 Å². The maximum Gasteiger partial charge on any atom is 0.224 e. The number of carbonyl (C=O) groups is 1. The van der Waals surface area contributed by atoms with Crippen LogP contribution in [0.3, 0.4) is 0 Å². The lowest BCUT2D eigenvalue weighted by Gasteiger charge is -2.18. The second kappa shape index (κ2) is 6.96. The number of nitrogens with zero attached hydrogens (tertiary/aromatic N) is 2. The number of pyridine rings is 1. The Balaban J connectivity index is 1.57. The molecule has 1 fully saturated rings. The minimum absolute atomic E-state index is 0.0371. The van der Waals surface area contributed by atoms with Crippen molar-refractivity contribution in [3.05, 3.63) is 59.0 Å². The van der Waals surface area contributed by atoms with Crippen molar-refractivity contribution in [2.45, 2.75) is 18.9 Å². The molecule has 23 heavy (non-hydrogen) atoms. The van der Waals surface area contributed by atoms with Crippen molar-refractivity contribution in [3.63, 3.8) is 0 Å². The van der Waals surface area contributed by atoms with Gasteiger partial charge in [0.15, 0.2) is 0 Å². The Labute approximate surface area is 139 Å². The van der Waals surface area contributed by atoms with Crippen LogP contribution < -0.4 is 10.2 Å². The summed E-state index contributed by atoms with van der Waals surface area (Å²) in [6.07, 6.45) is 2.54. The molecule has 1 aromatic heterocycles. The molecule has 1 aromatic carbocycles. The number of amides is 1. The summed E-state index contributed by atoms with van der Waals surface area (Å²) in [5.41, 5.74) is 0.242.